The first kappa shape index (κ1) is 15.5. The third kappa shape index (κ3) is 3.75. The number of ether oxygens (including phenoxy) is 1. The summed E-state index contributed by atoms with van der Waals surface area (Å²) in [6, 6.07) is 0. The molecule has 12 heteroatoms. The summed E-state index contributed by atoms with van der Waals surface area (Å²) in [7, 11) is -6.67. The number of halogens is 7. The van der Waals surface area contributed by atoms with Crippen LogP contribution in [0.15, 0.2) is 0 Å². The first-order chi connectivity index (χ1) is 6.21. The predicted octanol–water partition coefficient (Wildman–Crippen LogP) is 2.06. The molecule has 0 atom stereocenters. The van der Waals surface area contributed by atoms with Crippen LogP contribution in [0.2, 0.25) is 0 Å². The highest BCUT2D eigenvalue weighted by atomic mass is 35.6. The van der Waals surface area contributed by atoms with Crippen LogP contribution in [0, 0.1) is 0 Å². The fraction of sp³-hybridized carbons (Fsp3) is 1.00. The van der Waals surface area contributed by atoms with Crippen LogP contribution in [0.25, 0.3) is 0 Å². The largest absolute Gasteiger partial charge is 0.743 e. The summed E-state index contributed by atoms with van der Waals surface area (Å²) >= 11 is 13.7. The Hall–Kier alpha value is 0.460. The van der Waals surface area contributed by atoms with E-state index in [9.17, 15) is 30.5 Å². The average Bonchev–Trinajstić information content (AvgIpc) is 1.77. The van der Waals surface area contributed by atoms with Gasteiger partial charge in [-0.3, -0.25) is 4.74 Å². The Balaban J connectivity index is 5.21. The van der Waals surface area contributed by atoms with Crippen LogP contribution in [0.3, 0.4) is 0 Å². The monoisotopic (exact) mass is 313 g/mol. The Labute approximate surface area is 95.8 Å². The summed E-state index contributed by atoms with van der Waals surface area (Å²) in [6.45, 7) is 0. The van der Waals surface area contributed by atoms with Crippen molar-refractivity contribution in [3.8, 4) is 0 Å². The maximum atomic E-state index is 12.4. The molecule has 0 bridgehead atoms. The van der Waals surface area contributed by atoms with E-state index >= 15 is 0 Å². The second-order valence-corrected chi connectivity index (χ2v) is 5.63. The molecule has 15 heavy (non-hydrogen) atoms. The van der Waals surface area contributed by atoms with Crippen LogP contribution < -0.4 is 0 Å². The lowest BCUT2D eigenvalue weighted by atomic mass is 10.6. The SMILES string of the molecule is O=S(=O)([O-])C(F)(F)C(F)(F)OC(Cl)(Cl)Cl. The zero-order chi connectivity index (χ0) is 12.7. The molecule has 0 radical (unpaired) electrons. The van der Waals surface area contributed by atoms with Crippen molar-refractivity contribution in [2.24, 2.45) is 0 Å². The molecule has 0 saturated carbocycles. The molecule has 0 aromatic rings. The van der Waals surface area contributed by atoms with Gasteiger partial charge in [0.2, 0.25) is 0 Å². The minimum Gasteiger partial charge on any atom is -0.743 e. The first-order valence-electron chi connectivity index (χ1n) is 2.69. The lowest BCUT2D eigenvalue weighted by Crippen LogP contribution is -2.50. The molecule has 0 aliphatic carbocycles. The van der Waals surface area contributed by atoms with Crippen molar-refractivity contribution in [3.63, 3.8) is 0 Å². The number of hydrogen-bond acceptors (Lipinski definition) is 4. The van der Waals surface area contributed by atoms with E-state index in [4.69, 9.17) is 0 Å². The second-order valence-electron chi connectivity index (χ2n) is 2.04. The highest BCUT2D eigenvalue weighted by molar-refractivity contribution is 7.86. The molecule has 0 N–H and O–H groups in total. The molecule has 0 aliphatic heterocycles. The summed E-state index contributed by atoms with van der Waals surface area (Å²) in [5.41, 5.74) is 0. The number of rotatable bonds is 3. The summed E-state index contributed by atoms with van der Waals surface area (Å²) in [6.07, 6.45) is -5.77. The summed E-state index contributed by atoms with van der Waals surface area (Å²) in [5, 5.41) is -6.05. The number of alkyl halides is 7. The molecule has 0 unspecified atom stereocenters. The van der Waals surface area contributed by atoms with E-state index in [1.165, 1.54) is 0 Å². The highest BCUT2D eigenvalue weighted by Crippen LogP contribution is 2.44. The molecule has 0 aliphatic rings. The van der Waals surface area contributed by atoms with E-state index in [1.807, 2.05) is 0 Å². The van der Waals surface area contributed by atoms with Crippen molar-refractivity contribution in [1.29, 1.82) is 0 Å². The van der Waals surface area contributed by atoms with Crippen LogP contribution in [0.5, 0.6) is 0 Å². The van der Waals surface area contributed by atoms with Gasteiger partial charge in [0.15, 0.2) is 10.1 Å². The van der Waals surface area contributed by atoms with E-state index in [0.717, 1.165) is 0 Å². The van der Waals surface area contributed by atoms with Crippen molar-refractivity contribution >= 4 is 44.9 Å². The van der Waals surface area contributed by atoms with E-state index in [1.54, 1.807) is 0 Å². The Morgan fingerprint density at radius 2 is 1.40 bits per heavy atom. The van der Waals surface area contributed by atoms with Gasteiger partial charge in [0.05, 0.1) is 0 Å². The zero-order valence-electron chi connectivity index (χ0n) is 6.19. The minimum absolute atomic E-state index is 2.85. The normalized spacial score (nSPS) is 15.5. The predicted molar refractivity (Wildman–Crippen MR) is 41.0 cm³/mol. The third-order valence-electron chi connectivity index (χ3n) is 0.897. The fourth-order valence-corrected chi connectivity index (χ4v) is 0.974. The summed E-state index contributed by atoms with van der Waals surface area (Å²) in [4.78, 5) is 0. The Morgan fingerprint density at radius 1 is 1.07 bits per heavy atom. The van der Waals surface area contributed by atoms with E-state index in [0.29, 0.717) is 0 Å². The van der Waals surface area contributed by atoms with E-state index < -0.39 is 25.5 Å². The Kier molecular flexibility index (Phi) is 4.17. The van der Waals surface area contributed by atoms with Crippen LogP contribution >= 0.6 is 34.8 Å². The first-order valence-corrected chi connectivity index (χ1v) is 5.23. The molecular weight excluding hydrogens is 314 g/mol. The lowest BCUT2D eigenvalue weighted by Gasteiger charge is -2.29. The number of hydrogen-bond donors (Lipinski definition) is 0. The van der Waals surface area contributed by atoms with Crippen molar-refractivity contribution in [2.45, 2.75) is 15.3 Å². The molecule has 0 saturated heterocycles. The molecule has 0 spiro atoms. The van der Waals surface area contributed by atoms with Crippen molar-refractivity contribution < 1.29 is 35.3 Å². The quantitative estimate of drug-likeness (QED) is 0.454. The van der Waals surface area contributed by atoms with Crippen LogP contribution in [-0.4, -0.2) is 28.3 Å². The minimum atomic E-state index is -6.67. The highest BCUT2D eigenvalue weighted by Gasteiger charge is 2.65. The smallest absolute Gasteiger partial charge is 0.437 e. The van der Waals surface area contributed by atoms with Gasteiger partial charge in [0, 0.05) is 0 Å². The van der Waals surface area contributed by atoms with Gasteiger partial charge in [0.1, 0.15) is 0 Å². The molecule has 92 valence electrons. The van der Waals surface area contributed by atoms with Crippen LogP contribution in [-0.2, 0) is 14.9 Å². The fourth-order valence-electron chi connectivity index (χ4n) is 0.350. The van der Waals surface area contributed by atoms with Gasteiger partial charge in [-0.2, -0.15) is 17.6 Å². The van der Waals surface area contributed by atoms with E-state index in [-0.39, 0.29) is 0 Å². The molecule has 0 fully saturated rings. The topological polar surface area (TPSA) is 66.4 Å². The molecule has 0 aromatic carbocycles. The maximum absolute atomic E-state index is 12.4. The van der Waals surface area contributed by atoms with Crippen molar-refractivity contribution in [2.75, 3.05) is 0 Å². The molecule has 0 rings (SSSR count). The second kappa shape index (κ2) is 4.04. The van der Waals surface area contributed by atoms with E-state index in [2.05, 4.69) is 39.5 Å². The van der Waals surface area contributed by atoms with Crippen molar-refractivity contribution in [3.05, 3.63) is 0 Å². The zero-order valence-corrected chi connectivity index (χ0v) is 9.27. The van der Waals surface area contributed by atoms with Crippen molar-refractivity contribution in [1.82, 2.24) is 0 Å². The van der Waals surface area contributed by atoms with Gasteiger partial charge in [-0.05, 0) is 0 Å². The Morgan fingerprint density at radius 3 is 1.60 bits per heavy atom. The van der Waals surface area contributed by atoms with Gasteiger partial charge in [-0.1, -0.05) is 34.8 Å². The van der Waals surface area contributed by atoms with Gasteiger partial charge < -0.3 is 4.55 Å². The summed E-state index contributed by atoms with van der Waals surface area (Å²) in [5.74, 6) is 0. The van der Waals surface area contributed by atoms with Crippen LogP contribution in [0.4, 0.5) is 17.6 Å². The summed E-state index contributed by atoms with van der Waals surface area (Å²) < 4.78 is 78.3. The van der Waals surface area contributed by atoms with Gasteiger partial charge >= 0.3 is 15.3 Å². The van der Waals surface area contributed by atoms with Gasteiger partial charge in [0.25, 0.3) is 0 Å². The Bertz CT molecular complexity index is 336. The molecule has 0 amide bonds. The maximum Gasteiger partial charge on any atom is 0.437 e. The standard InChI is InChI=1S/C3HCl3F4O4S/c4-3(5,6)14-1(7,8)2(9,10)15(11,12)13/h(H,11,12,13)/p-1. The molecule has 4 nitrogen and oxygen atoms in total. The third-order valence-corrected chi connectivity index (χ3v) is 1.99. The average molecular weight is 314 g/mol. The lowest BCUT2D eigenvalue weighted by molar-refractivity contribution is -0.321. The molecule has 0 heterocycles. The van der Waals surface area contributed by atoms with Gasteiger partial charge in [-0.25, -0.2) is 8.42 Å². The van der Waals surface area contributed by atoms with Crippen LogP contribution in [0.1, 0.15) is 0 Å². The van der Waals surface area contributed by atoms with Gasteiger partial charge in [-0.15, -0.1) is 0 Å². The molecular formula is C3Cl3F4O4S-. The molecule has 0 aromatic heterocycles.